The number of carbonyl (C=O) groups excluding carboxylic acids is 1. The molecule has 0 radical (unpaired) electrons. The van der Waals surface area contributed by atoms with Gasteiger partial charge in [0.15, 0.2) is 6.29 Å². The Labute approximate surface area is 104 Å². The molecule has 3 rings (SSSR count). The van der Waals surface area contributed by atoms with Gasteiger partial charge in [0.25, 0.3) is 0 Å². The van der Waals surface area contributed by atoms with Gasteiger partial charge in [0.05, 0.1) is 6.54 Å². The van der Waals surface area contributed by atoms with Crippen molar-refractivity contribution < 1.29 is 4.79 Å². The lowest BCUT2D eigenvalue weighted by Gasteiger charge is -2.04. The number of aldehydes is 1. The van der Waals surface area contributed by atoms with Gasteiger partial charge in [-0.25, -0.2) is 9.97 Å². The van der Waals surface area contributed by atoms with Gasteiger partial charge in [-0.1, -0.05) is 0 Å². The molecule has 0 aliphatic rings. The molecule has 0 atom stereocenters. The Bertz CT molecular complexity index is 711. The van der Waals surface area contributed by atoms with E-state index in [1.54, 1.807) is 12.4 Å². The number of hydrogen-bond donors (Lipinski definition) is 0. The van der Waals surface area contributed by atoms with Crippen LogP contribution in [0, 0.1) is 0 Å². The van der Waals surface area contributed by atoms with Crippen molar-refractivity contribution >= 4 is 17.3 Å². The Morgan fingerprint density at radius 2 is 2.22 bits per heavy atom. The van der Waals surface area contributed by atoms with Crippen LogP contribution >= 0.6 is 0 Å². The van der Waals surface area contributed by atoms with Gasteiger partial charge < -0.3 is 9.13 Å². The zero-order valence-electron chi connectivity index (χ0n) is 9.95. The van der Waals surface area contributed by atoms with Gasteiger partial charge in [0.2, 0.25) is 0 Å². The van der Waals surface area contributed by atoms with Crippen LogP contribution in [0.2, 0.25) is 0 Å². The number of nitrogens with zero attached hydrogens (tertiary/aromatic N) is 4. The fraction of sp³-hybridized carbons (Fsp3) is 0.154. The van der Waals surface area contributed by atoms with Gasteiger partial charge in [-0.15, -0.1) is 0 Å². The van der Waals surface area contributed by atoms with E-state index >= 15 is 0 Å². The summed E-state index contributed by atoms with van der Waals surface area (Å²) in [4.78, 5) is 19.6. The maximum Gasteiger partial charge on any atom is 0.152 e. The van der Waals surface area contributed by atoms with Crippen LogP contribution < -0.4 is 0 Å². The smallest absolute Gasteiger partial charge is 0.152 e. The Balaban J connectivity index is 2.12. The quantitative estimate of drug-likeness (QED) is 0.654. The first kappa shape index (κ1) is 10.7. The summed E-state index contributed by atoms with van der Waals surface area (Å²) in [7, 11) is 1.95. The molecule has 5 nitrogen and oxygen atoms in total. The van der Waals surface area contributed by atoms with Gasteiger partial charge in [0.1, 0.15) is 11.5 Å². The summed E-state index contributed by atoms with van der Waals surface area (Å²) >= 11 is 0. The second-order valence-corrected chi connectivity index (χ2v) is 4.16. The average molecular weight is 240 g/mol. The lowest BCUT2D eigenvalue weighted by atomic mass is 10.2. The third-order valence-corrected chi connectivity index (χ3v) is 3.02. The molecular formula is C13H12N4O. The number of pyridine rings is 1. The van der Waals surface area contributed by atoms with Gasteiger partial charge in [0, 0.05) is 42.8 Å². The Kier molecular flexibility index (Phi) is 2.44. The standard InChI is InChI=1S/C13H12N4O/c1-16-6-5-14-12(16)8-17-7-10(9-18)11-3-2-4-15-13(11)17/h2-7,9H,8H2,1H3. The van der Waals surface area contributed by atoms with Crippen LogP contribution in [0.1, 0.15) is 16.2 Å². The molecule has 0 N–H and O–H groups in total. The maximum atomic E-state index is 11.0. The van der Waals surface area contributed by atoms with E-state index in [0.717, 1.165) is 23.1 Å². The van der Waals surface area contributed by atoms with Crippen LogP contribution in [0.25, 0.3) is 11.0 Å². The number of aryl methyl sites for hydroxylation is 1. The van der Waals surface area contributed by atoms with Crippen molar-refractivity contribution in [3.05, 3.63) is 48.3 Å². The van der Waals surface area contributed by atoms with Crippen LogP contribution in [0.15, 0.2) is 36.9 Å². The minimum absolute atomic E-state index is 0.602. The normalized spacial score (nSPS) is 10.9. The van der Waals surface area contributed by atoms with Crippen molar-refractivity contribution in [2.75, 3.05) is 0 Å². The van der Waals surface area contributed by atoms with Crippen LogP contribution in [0.3, 0.4) is 0 Å². The zero-order chi connectivity index (χ0) is 12.5. The van der Waals surface area contributed by atoms with Crippen LogP contribution in [-0.4, -0.2) is 25.4 Å². The first-order valence-corrected chi connectivity index (χ1v) is 5.65. The molecular weight excluding hydrogens is 228 g/mol. The van der Waals surface area contributed by atoms with E-state index in [1.165, 1.54) is 0 Å². The molecule has 18 heavy (non-hydrogen) atoms. The monoisotopic (exact) mass is 240 g/mol. The molecule has 5 heteroatoms. The first-order chi connectivity index (χ1) is 8.79. The molecule has 3 aromatic rings. The summed E-state index contributed by atoms with van der Waals surface area (Å²) in [5.74, 6) is 0.926. The molecule has 3 aromatic heterocycles. The summed E-state index contributed by atoms with van der Waals surface area (Å²) in [5, 5.41) is 0.877. The van der Waals surface area contributed by atoms with E-state index in [4.69, 9.17) is 0 Å². The third-order valence-electron chi connectivity index (χ3n) is 3.02. The second kappa shape index (κ2) is 4.10. The summed E-state index contributed by atoms with van der Waals surface area (Å²) in [6.45, 7) is 0.602. The van der Waals surface area contributed by atoms with Crippen LogP contribution in [-0.2, 0) is 13.6 Å². The predicted molar refractivity (Wildman–Crippen MR) is 67.4 cm³/mol. The minimum atomic E-state index is 0.602. The van der Waals surface area contributed by atoms with Crippen LogP contribution in [0.4, 0.5) is 0 Å². The molecule has 90 valence electrons. The molecule has 0 spiro atoms. The topological polar surface area (TPSA) is 52.7 Å². The van der Waals surface area contributed by atoms with Crippen molar-refractivity contribution in [1.29, 1.82) is 0 Å². The van der Waals surface area contributed by atoms with Gasteiger partial charge in [-0.3, -0.25) is 4.79 Å². The lowest BCUT2D eigenvalue weighted by molar-refractivity contribution is 0.112. The Morgan fingerprint density at radius 1 is 1.33 bits per heavy atom. The fourth-order valence-corrected chi connectivity index (χ4v) is 2.07. The van der Waals surface area contributed by atoms with E-state index in [1.807, 2.05) is 40.7 Å². The van der Waals surface area contributed by atoms with E-state index < -0.39 is 0 Å². The number of aromatic nitrogens is 4. The molecule has 0 fully saturated rings. The molecule has 0 aromatic carbocycles. The number of carbonyl (C=O) groups is 1. The van der Waals surface area contributed by atoms with Crippen molar-refractivity contribution in [2.45, 2.75) is 6.54 Å². The molecule has 0 amide bonds. The Hall–Kier alpha value is -2.43. The van der Waals surface area contributed by atoms with Crippen molar-refractivity contribution in [1.82, 2.24) is 19.1 Å². The molecule has 0 saturated carbocycles. The first-order valence-electron chi connectivity index (χ1n) is 5.65. The largest absolute Gasteiger partial charge is 0.337 e. The van der Waals surface area contributed by atoms with E-state index in [-0.39, 0.29) is 0 Å². The molecule has 3 heterocycles. The molecule has 0 bridgehead atoms. The van der Waals surface area contributed by atoms with Gasteiger partial charge in [-0.2, -0.15) is 0 Å². The highest BCUT2D eigenvalue weighted by molar-refractivity contribution is 5.95. The van der Waals surface area contributed by atoms with E-state index in [0.29, 0.717) is 12.1 Å². The van der Waals surface area contributed by atoms with Crippen molar-refractivity contribution in [3.63, 3.8) is 0 Å². The highest BCUT2D eigenvalue weighted by atomic mass is 16.1. The molecule has 0 aliphatic carbocycles. The highest BCUT2D eigenvalue weighted by Gasteiger charge is 2.10. The fourth-order valence-electron chi connectivity index (χ4n) is 2.07. The SMILES string of the molecule is Cn1ccnc1Cn1cc(C=O)c2cccnc21. The molecule has 0 aliphatic heterocycles. The average Bonchev–Trinajstić information content (AvgIpc) is 2.95. The van der Waals surface area contributed by atoms with Gasteiger partial charge >= 0.3 is 0 Å². The third kappa shape index (κ3) is 1.60. The van der Waals surface area contributed by atoms with E-state index in [9.17, 15) is 4.79 Å². The number of fused-ring (bicyclic) bond motifs is 1. The van der Waals surface area contributed by atoms with Crippen molar-refractivity contribution in [3.8, 4) is 0 Å². The maximum absolute atomic E-state index is 11.0. The summed E-state index contributed by atoms with van der Waals surface area (Å²) in [6.07, 6.45) is 8.06. The predicted octanol–water partition coefficient (Wildman–Crippen LogP) is 1.63. The Morgan fingerprint density at radius 3 is 2.94 bits per heavy atom. The summed E-state index contributed by atoms with van der Waals surface area (Å²) in [5.41, 5.74) is 1.47. The number of hydrogen-bond acceptors (Lipinski definition) is 3. The molecule has 0 saturated heterocycles. The van der Waals surface area contributed by atoms with Gasteiger partial charge in [-0.05, 0) is 12.1 Å². The summed E-state index contributed by atoms with van der Waals surface area (Å²) in [6, 6.07) is 3.74. The zero-order valence-corrected chi connectivity index (χ0v) is 9.95. The second-order valence-electron chi connectivity index (χ2n) is 4.16. The number of imidazole rings is 1. The number of rotatable bonds is 3. The van der Waals surface area contributed by atoms with Crippen LogP contribution in [0.5, 0.6) is 0 Å². The van der Waals surface area contributed by atoms with E-state index in [2.05, 4.69) is 9.97 Å². The highest BCUT2D eigenvalue weighted by Crippen LogP contribution is 2.18. The van der Waals surface area contributed by atoms with Crippen molar-refractivity contribution in [2.24, 2.45) is 7.05 Å². The lowest BCUT2D eigenvalue weighted by Crippen LogP contribution is -2.05. The minimum Gasteiger partial charge on any atom is -0.337 e. The summed E-state index contributed by atoms with van der Waals surface area (Å²) < 4.78 is 3.90. The molecule has 0 unspecified atom stereocenters.